The zero-order valence-electron chi connectivity index (χ0n) is 14.1. The Labute approximate surface area is 147 Å². The molecule has 0 radical (unpaired) electrons. The van der Waals surface area contributed by atoms with Gasteiger partial charge >= 0.3 is 0 Å². The number of nitrogens with one attached hydrogen (secondary N) is 1. The Morgan fingerprint density at radius 2 is 2.00 bits per heavy atom. The number of rotatable bonds is 7. The molecule has 0 saturated heterocycles. The summed E-state index contributed by atoms with van der Waals surface area (Å²) in [6.07, 6.45) is 6.00. The number of hydrogen-bond donors (Lipinski definition) is 1. The first-order valence-electron chi connectivity index (χ1n) is 8.19. The molecule has 0 spiro atoms. The SMILES string of the molecule is COc1cccc(C(CC(=O)NCc2ccccn2)n2cccc2)c1. The normalized spacial score (nSPS) is 11.7. The first kappa shape index (κ1) is 16.8. The van der Waals surface area contributed by atoms with Crippen LogP contribution in [0.15, 0.2) is 73.2 Å². The minimum Gasteiger partial charge on any atom is -0.497 e. The first-order valence-corrected chi connectivity index (χ1v) is 8.19. The number of carbonyl (C=O) groups is 1. The highest BCUT2D eigenvalue weighted by molar-refractivity contribution is 5.76. The Morgan fingerprint density at radius 1 is 1.16 bits per heavy atom. The third-order valence-electron chi connectivity index (χ3n) is 4.04. The maximum absolute atomic E-state index is 12.5. The highest BCUT2D eigenvalue weighted by Gasteiger charge is 2.18. The number of nitrogens with zero attached hydrogens (tertiary/aromatic N) is 2. The summed E-state index contributed by atoms with van der Waals surface area (Å²) in [7, 11) is 1.64. The molecule has 1 aromatic carbocycles. The lowest BCUT2D eigenvalue weighted by atomic mass is 10.0. The van der Waals surface area contributed by atoms with Crippen LogP contribution in [-0.2, 0) is 11.3 Å². The molecule has 1 unspecified atom stereocenters. The lowest BCUT2D eigenvalue weighted by Gasteiger charge is -2.20. The van der Waals surface area contributed by atoms with E-state index in [1.165, 1.54) is 0 Å². The van der Waals surface area contributed by atoms with Crippen molar-refractivity contribution in [2.45, 2.75) is 19.0 Å². The smallest absolute Gasteiger partial charge is 0.222 e. The predicted molar refractivity (Wildman–Crippen MR) is 96.3 cm³/mol. The summed E-state index contributed by atoms with van der Waals surface area (Å²) >= 11 is 0. The molecule has 0 aliphatic carbocycles. The van der Waals surface area contributed by atoms with Gasteiger partial charge in [0.2, 0.25) is 5.91 Å². The number of ether oxygens (including phenoxy) is 1. The minimum atomic E-state index is -0.0890. The van der Waals surface area contributed by atoms with Crippen molar-refractivity contribution in [3.05, 3.63) is 84.4 Å². The maximum atomic E-state index is 12.5. The summed E-state index contributed by atoms with van der Waals surface area (Å²) < 4.78 is 7.35. The van der Waals surface area contributed by atoms with Gasteiger partial charge < -0.3 is 14.6 Å². The summed E-state index contributed by atoms with van der Waals surface area (Å²) in [6, 6.07) is 17.3. The summed E-state index contributed by atoms with van der Waals surface area (Å²) in [5.74, 6) is 0.760. The molecular weight excluding hydrogens is 314 g/mol. The van der Waals surface area contributed by atoms with Crippen LogP contribution < -0.4 is 10.1 Å². The van der Waals surface area contributed by atoms with Gasteiger partial charge in [0, 0.05) is 18.6 Å². The van der Waals surface area contributed by atoms with E-state index in [9.17, 15) is 4.79 Å². The Balaban J connectivity index is 1.73. The molecule has 25 heavy (non-hydrogen) atoms. The standard InChI is InChI=1S/C20H21N3O2/c1-25-18-9-6-7-16(13-18)19(23-11-4-5-12-23)14-20(24)22-15-17-8-2-3-10-21-17/h2-13,19H,14-15H2,1H3,(H,22,24). The number of pyridine rings is 1. The fraction of sp³-hybridized carbons (Fsp3) is 0.200. The first-order chi connectivity index (χ1) is 12.3. The molecule has 2 aromatic heterocycles. The van der Waals surface area contributed by atoms with Crippen molar-refractivity contribution in [1.82, 2.24) is 14.9 Å². The quantitative estimate of drug-likeness (QED) is 0.721. The van der Waals surface area contributed by atoms with Crippen LogP contribution in [0.2, 0.25) is 0 Å². The zero-order chi connectivity index (χ0) is 17.5. The van der Waals surface area contributed by atoms with E-state index in [4.69, 9.17) is 4.74 Å². The predicted octanol–water partition coefficient (Wildman–Crippen LogP) is 3.19. The number of aromatic nitrogens is 2. The van der Waals surface area contributed by atoms with Crippen LogP contribution >= 0.6 is 0 Å². The van der Waals surface area contributed by atoms with Crippen molar-refractivity contribution in [2.75, 3.05) is 7.11 Å². The van der Waals surface area contributed by atoms with Gasteiger partial charge in [-0.15, -0.1) is 0 Å². The van der Waals surface area contributed by atoms with Crippen LogP contribution in [0, 0.1) is 0 Å². The van der Waals surface area contributed by atoms with Gasteiger partial charge in [-0.25, -0.2) is 0 Å². The molecule has 1 N–H and O–H groups in total. The molecule has 0 saturated carbocycles. The third-order valence-corrected chi connectivity index (χ3v) is 4.04. The third kappa shape index (κ3) is 4.47. The van der Waals surface area contributed by atoms with Crippen molar-refractivity contribution < 1.29 is 9.53 Å². The number of methoxy groups -OCH3 is 1. The largest absolute Gasteiger partial charge is 0.497 e. The topological polar surface area (TPSA) is 56.1 Å². The lowest BCUT2D eigenvalue weighted by Crippen LogP contribution is -2.26. The van der Waals surface area contributed by atoms with Crippen molar-refractivity contribution in [3.63, 3.8) is 0 Å². The molecular formula is C20H21N3O2. The number of hydrogen-bond acceptors (Lipinski definition) is 3. The molecule has 0 aliphatic heterocycles. The average Bonchev–Trinajstić information content (AvgIpc) is 3.20. The monoisotopic (exact) mass is 335 g/mol. The number of benzene rings is 1. The van der Waals surface area contributed by atoms with E-state index in [1.807, 2.05) is 71.6 Å². The van der Waals surface area contributed by atoms with Gasteiger partial charge in [0.25, 0.3) is 0 Å². The Morgan fingerprint density at radius 3 is 2.72 bits per heavy atom. The minimum absolute atomic E-state index is 0.0211. The maximum Gasteiger partial charge on any atom is 0.222 e. The van der Waals surface area contributed by atoms with Gasteiger partial charge in [-0.05, 0) is 42.0 Å². The fourth-order valence-corrected chi connectivity index (χ4v) is 2.74. The van der Waals surface area contributed by atoms with E-state index in [1.54, 1.807) is 13.3 Å². The van der Waals surface area contributed by atoms with Crippen LogP contribution in [0.25, 0.3) is 0 Å². The second kappa shape index (κ2) is 8.15. The summed E-state index contributed by atoms with van der Waals surface area (Å²) in [5, 5.41) is 2.94. The Bertz CT molecular complexity index is 801. The van der Waals surface area contributed by atoms with Crippen LogP contribution in [0.1, 0.15) is 23.7 Å². The van der Waals surface area contributed by atoms with Gasteiger partial charge in [0.15, 0.2) is 0 Å². The van der Waals surface area contributed by atoms with E-state index >= 15 is 0 Å². The number of amides is 1. The van der Waals surface area contributed by atoms with E-state index in [0.717, 1.165) is 17.0 Å². The van der Waals surface area contributed by atoms with Gasteiger partial charge in [0.1, 0.15) is 5.75 Å². The molecule has 1 amide bonds. The number of carbonyl (C=O) groups excluding carboxylic acids is 1. The molecule has 5 nitrogen and oxygen atoms in total. The zero-order valence-corrected chi connectivity index (χ0v) is 14.1. The van der Waals surface area contributed by atoms with Crippen LogP contribution in [-0.4, -0.2) is 22.6 Å². The molecule has 5 heteroatoms. The van der Waals surface area contributed by atoms with E-state index < -0.39 is 0 Å². The molecule has 1 atom stereocenters. The summed E-state index contributed by atoms with van der Waals surface area (Å²) in [5.41, 5.74) is 1.87. The van der Waals surface area contributed by atoms with Crippen molar-refractivity contribution in [3.8, 4) is 5.75 Å². The van der Waals surface area contributed by atoms with Gasteiger partial charge in [-0.2, -0.15) is 0 Å². The molecule has 0 bridgehead atoms. The van der Waals surface area contributed by atoms with E-state index in [-0.39, 0.29) is 11.9 Å². The van der Waals surface area contributed by atoms with Crippen LogP contribution in [0.5, 0.6) is 5.75 Å². The summed E-state index contributed by atoms with van der Waals surface area (Å²) in [4.78, 5) is 16.7. The average molecular weight is 335 g/mol. The van der Waals surface area contributed by atoms with E-state index in [2.05, 4.69) is 10.3 Å². The molecule has 3 rings (SSSR count). The van der Waals surface area contributed by atoms with Crippen LogP contribution in [0.4, 0.5) is 0 Å². The molecule has 128 valence electrons. The van der Waals surface area contributed by atoms with Gasteiger partial charge in [0.05, 0.1) is 31.8 Å². The molecule has 2 heterocycles. The Kier molecular flexibility index (Phi) is 5.46. The summed E-state index contributed by atoms with van der Waals surface area (Å²) in [6.45, 7) is 0.427. The second-order valence-electron chi connectivity index (χ2n) is 5.72. The van der Waals surface area contributed by atoms with Crippen LogP contribution in [0.3, 0.4) is 0 Å². The van der Waals surface area contributed by atoms with E-state index in [0.29, 0.717) is 13.0 Å². The lowest BCUT2D eigenvalue weighted by molar-refractivity contribution is -0.121. The van der Waals surface area contributed by atoms with Crippen molar-refractivity contribution in [2.24, 2.45) is 0 Å². The van der Waals surface area contributed by atoms with Gasteiger partial charge in [-0.1, -0.05) is 18.2 Å². The fourth-order valence-electron chi connectivity index (χ4n) is 2.74. The van der Waals surface area contributed by atoms with Crippen molar-refractivity contribution in [1.29, 1.82) is 0 Å². The molecule has 0 fully saturated rings. The Hall–Kier alpha value is -3.08. The molecule has 3 aromatic rings. The molecule has 0 aliphatic rings. The highest BCUT2D eigenvalue weighted by atomic mass is 16.5. The van der Waals surface area contributed by atoms with Gasteiger partial charge in [-0.3, -0.25) is 9.78 Å². The second-order valence-corrected chi connectivity index (χ2v) is 5.72. The highest BCUT2D eigenvalue weighted by Crippen LogP contribution is 2.25. The van der Waals surface area contributed by atoms with Crippen molar-refractivity contribution >= 4 is 5.91 Å².